The largest absolute Gasteiger partial charge is 0.335 e. The number of nitrogens with one attached hydrogen (secondary N) is 1. The van der Waals surface area contributed by atoms with Crippen LogP contribution >= 0.6 is 0 Å². The zero-order chi connectivity index (χ0) is 15.6. The van der Waals surface area contributed by atoms with Crippen molar-refractivity contribution < 1.29 is 4.79 Å². The molecule has 5 heteroatoms. The predicted octanol–water partition coefficient (Wildman–Crippen LogP) is 2.68. The van der Waals surface area contributed by atoms with Gasteiger partial charge in [-0.3, -0.25) is 9.89 Å². The van der Waals surface area contributed by atoms with Crippen LogP contribution in [0.25, 0.3) is 0 Å². The number of hydrogen-bond acceptors (Lipinski definition) is 3. The average Bonchev–Trinajstić information content (AvgIpc) is 2.84. The molecule has 0 fully saturated rings. The minimum atomic E-state index is -0.181. The van der Waals surface area contributed by atoms with Gasteiger partial charge in [-0.2, -0.15) is 0 Å². The average molecular weight is 286 g/mol. The molecule has 0 aliphatic rings. The molecule has 0 saturated heterocycles. The Kier molecular flexibility index (Phi) is 4.11. The van der Waals surface area contributed by atoms with Gasteiger partial charge in [0.25, 0.3) is 5.91 Å². The smallest absolute Gasteiger partial charge is 0.293 e. The molecule has 0 unspecified atom stereocenters. The van der Waals surface area contributed by atoms with Gasteiger partial charge in [0.15, 0.2) is 0 Å². The molecular weight excluding hydrogens is 264 g/mol. The molecule has 0 bridgehead atoms. The SMILES string of the molecule is Cc1nc(C(=O)N(C)Cc2ccc(C(C)(C)C)cc2)n[nH]1. The van der Waals surface area contributed by atoms with E-state index in [9.17, 15) is 4.79 Å². The third-order valence-electron chi connectivity index (χ3n) is 3.37. The fourth-order valence-electron chi connectivity index (χ4n) is 2.06. The van der Waals surface area contributed by atoms with Crippen molar-refractivity contribution in [3.8, 4) is 0 Å². The van der Waals surface area contributed by atoms with Crippen LogP contribution in [0.5, 0.6) is 0 Å². The number of nitrogens with zero attached hydrogens (tertiary/aromatic N) is 3. The maximum atomic E-state index is 12.2. The lowest BCUT2D eigenvalue weighted by Gasteiger charge is -2.20. The summed E-state index contributed by atoms with van der Waals surface area (Å²) in [5.41, 5.74) is 2.51. The van der Waals surface area contributed by atoms with Crippen molar-refractivity contribution in [2.45, 2.75) is 39.7 Å². The van der Waals surface area contributed by atoms with Crippen LogP contribution in [0, 0.1) is 6.92 Å². The van der Waals surface area contributed by atoms with E-state index in [1.165, 1.54) is 5.56 Å². The highest BCUT2D eigenvalue weighted by Gasteiger charge is 2.17. The van der Waals surface area contributed by atoms with Crippen LogP contribution in [0.1, 0.15) is 48.3 Å². The molecule has 1 heterocycles. The zero-order valence-corrected chi connectivity index (χ0v) is 13.3. The van der Waals surface area contributed by atoms with Crippen LogP contribution in [0.15, 0.2) is 24.3 Å². The van der Waals surface area contributed by atoms with Crippen LogP contribution < -0.4 is 0 Å². The Morgan fingerprint density at radius 3 is 2.33 bits per heavy atom. The summed E-state index contributed by atoms with van der Waals surface area (Å²) >= 11 is 0. The molecule has 0 atom stereocenters. The van der Waals surface area contributed by atoms with Crippen molar-refractivity contribution in [2.24, 2.45) is 0 Å². The molecule has 0 radical (unpaired) electrons. The second-order valence-electron chi connectivity index (χ2n) is 6.35. The van der Waals surface area contributed by atoms with Crippen molar-refractivity contribution in [3.63, 3.8) is 0 Å². The number of aromatic amines is 1. The van der Waals surface area contributed by atoms with E-state index in [-0.39, 0.29) is 17.1 Å². The van der Waals surface area contributed by atoms with E-state index in [1.807, 2.05) is 0 Å². The van der Waals surface area contributed by atoms with Gasteiger partial charge in [-0.1, -0.05) is 45.0 Å². The number of benzene rings is 1. The molecule has 112 valence electrons. The third kappa shape index (κ3) is 3.68. The molecule has 1 aromatic carbocycles. The lowest BCUT2D eigenvalue weighted by Crippen LogP contribution is -2.27. The molecule has 5 nitrogen and oxygen atoms in total. The Morgan fingerprint density at radius 1 is 1.24 bits per heavy atom. The summed E-state index contributed by atoms with van der Waals surface area (Å²) in [4.78, 5) is 17.9. The molecular formula is C16H22N4O. The molecule has 2 aromatic rings. The van der Waals surface area contributed by atoms with E-state index in [1.54, 1.807) is 18.9 Å². The number of rotatable bonds is 3. The van der Waals surface area contributed by atoms with Gasteiger partial charge >= 0.3 is 0 Å². The van der Waals surface area contributed by atoms with Gasteiger partial charge in [-0.25, -0.2) is 4.98 Å². The van der Waals surface area contributed by atoms with Crippen molar-refractivity contribution in [3.05, 3.63) is 47.0 Å². The Labute approximate surface area is 125 Å². The zero-order valence-electron chi connectivity index (χ0n) is 13.3. The number of hydrogen-bond donors (Lipinski definition) is 1. The van der Waals surface area contributed by atoms with Gasteiger partial charge in [0.2, 0.25) is 5.82 Å². The predicted molar refractivity (Wildman–Crippen MR) is 82.1 cm³/mol. The fourth-order valence-corrected chi connectivity index (χ4v) is 2.06. The summed E-state index contributed by atoms with van der Waals surface area (Å²) in [5, 5.41) is 6.58. The highest BCUT2D eigenvalue weighted by atomic mass is 16.2. The molecule has 1 aromatic heterocycles. The second kappa shape index (κ2) is 5.68. The minimum Gasteiger partial charge on any atom is -0.335 e. The Hall–Kier alpha value is -2.17. The summed E-state index contributed by atoms with van der Waals surface area (Å²) in [5.74, 6) is 0.668. The van der Waals surface area contributed by atoms with Gasteiger partial charge < -0.3 is 4.90 Å². The number of amides is 1. The van der Waals surface area contributed by atoms with E-state index in [4.69, 9.17) is 0 Å². The first-order valence-electron chi connectivity index (χ1n) is 7.01. The monoisotopic (exact) mass is 286 g/mol. The summed E-state index contributed by atoms with van der Waals surface area (Å²) in [6.07, 6.45) is 0. The molecule has 0 aliphatic carbocycles. The molecule has 1 N–H and O–H groups in total. The minimum absolute atomic E-state index is 0.136. The molecule has 0 aliphatic heterocycles. The van der Waals surface area contributed by atoms with Crippen molar-refractivity contribution >= 4 is 5.91 Å². The first-order valence-corrected chi connectivity index (χ1v) is 7.01. The maximum absolute atomic E-state index is 12.2. The van der Waals surface area contributed by atoms with E-state index in [0.29, 0.717) is 12.4 Å². The highest BCUT2D eigenvalue weighted by molar-refractivity contribution is 5.90. The highest BCUT2D eigenvalue weighted by Crippen LogP contribution is 2.22. The van der Waals surface area contributed by atoms with Crippen molar-refractivity contribution in [2.75, 3.05) is 7.05 Å². The normalized spacial score (nSPS) is 11.5. The summed E-state index contributed by atoms with van der Waals surface area (Å²) in [6, 6.07) is 8.36. The van der Waals surface area contributed by atoms with Crippen LogP contribution in [0.3, 0.4) is 0 Å². The number of aromatic nitrogens is 3. The Morgan fingerprint density at radius 2 is 1.86 bits per heavy atom. The first kappa shape index (κ1) is 15.2. The van der Waals surface area contributed by atoms with Gasteiger partial charge in [0.1, 0.15) is 5.82 Å². The van der Waals surface area contributed by atoms with Crippen LogP contribution in [0.2, 0.25) is 0 Å². The van der Waals surface area contributed by atoms with E-state index >= 15 is 0 Å². The lowest BCUT2D eigenvalue weighted by atomic mass is 9.87. The Bertz CT molecular complexity index is 622. The Balaban J connectivity index is 2.06. The van der Waals surface area contributed by atoms with Crippen LogP contribution in [-0.2, 0) is 12.0 Å². The number of carbonyl (C=O) groups excluding carboxylic acids is 1. The third-order valence-corrected chi connectivity index (χ3v) is 3.37. The standard InChI is InChI=1S/C16H22N4O/c1-11-17-14(19-18-11)15(21)20(5)10-12-6-8-13(9-7-12)16(2,3)4/h6-9H,10H2,1-5H3,(H,17,18,19). The number of carbonyl (C=O) groups is 1. The fraction of sp³-hybridized carbons (Fsp3) is 0.438. The molecule has 2 rings (SSSR count). The van der Waals surface area contributed by atoms with E-state index in [2.05, 4.69) is 60.2 Å². The van der Waals surface area contributed by atoms with Crippen LogP contribution in [-0.4, -0.2) is 33.0 Å². The van der Waals surface area contributed by atoms with Crippen molar-refractivity contribution in [1.82, 2.24) is 20.1 Å². The molecule has 0 spiro atoms. The van der Waals surface area contributed by atoms with Gasteiger partial charge in [0.05, 0.1) is 0 Å². The van der Waals surface area contributed by atoms with Gasteiger partial charge in [0, 0.05) is 13.6 Å². The first-order chi connectivity index (χ1) is 9.77. The molecule has 21 heavy (non-hydrogen) atoms. The van der Waals surface area contributed by atoms with E-state index in [0.717, 1.165) is 5.56 Å². The maximum Gasteiger partial charge on any atom is 0.293 e. The van der Waals surface area contributed by atoms with E-state index < -0.39 is 0 Å². The summed E-state index contributed by atoms with van der Waals surface area (Å²) in [7, 11) is 1.76. The topological polar surface area (TPSA) is 61.9 Å². The molecule has 0 saturated carbocycles. The van der Waals surface area contributed by atoms with Gasteiger partial charge in [-0.05, 0) is 23.5 Å². The summed E-state index contributed by atoms with van der Waals surface area (Å²) < 4.78 is 0. The van der Waals surface area contributed by atoms with Gasteiger partial charge in [-0.15, -0.1) is 5.10 Å². The van der Waals surface area contributed by atoms with Crippen LogP contribution in [0.4, 0.5) is 0 Å². The number of H-pyrrole nitrogens is 1. The number of aryl methyl sites for hydroxylation is 1. The summed E-state index contributed by atoms with van der Waals surface area (Å²) in [6.45, 7) is 8.86. The van der Waals surface area contributed by atoms with Crippen molar-refractivity contribution in [1.29, 1.82) is 0 Å². The quantitative estimate of drug-likeness (QED) is 0.943. The lowest BCUT2D eigenvalue weighted by molar-refractivity contribution is 0.0773. The molecule has 1 amide bonds. The second-order valence-corrected chi connectivity index (χ2v) is 6.35.